The average Bonchev–Trinajstić information content (AvgIpc) is 3.25. The molecule has 0 aliphatic carbocycles. The predicted octanol–water partition coefficient (Wildman–Crippen LogP) is 5.26. The van der Waals surface area contributed by atoms with Gasteiger partial charge in [0.2, 0.25) is 5.91 Å². The first-order valence-electron chi connectivity index (χ1n) is 10.4. The number of hydrogen-bond acceptors (Lipinski definition) is 3. The van der Waals surface area contributed by atoms with Gasteiger partial charge >= 0.3 is 0 Å². The normalized spacial score (nSPS) is 15.7. The van der Waals surface area contributed by atoms with Crippen LogP contribution in [0.25, 0.3) is 0 Å². The SMILES string of the molecule is CC(=O)Nc1ccc(C(=O)N2CCC[C@@H]2c2cccc(Cc3ccccc3Cl)n2)cc1. The fourth-order valence-corrected chi connectivity index (χ4v) is 4.20. The maximum atomic E-state index is 13.2. The number of likely N-dealkylation sites (tertiary alicyclic amines) is 1. The zero-order valence-corrected chi connectivity index (χ0v) is 18.1. The van der Waals surface area contributed by atoms with Crippen LogP contribution in [-0.2, 0) is 11.2 Å². The van der Waals surface area contributed by atoms with Crippen molar-refractivity contribution in [2.24, 2.45) is 0 Å². The van der Waals surface area contributed by atoms with Crippen molar-refractivity contribution < 1.29 is 9.59 Å². The van der Waals surface area contributed by atoms with Gasteiger partial charge in [0.15, 0.2) is 0 Å². The highest BCUT2D eigenvalue weighted by Crippen LogP contribution is 2.32. The van der Waals surface area contributed by atoms with E-state index in [4.69, 9.17) is 16.6 Å². The van der Waals surface area contributed by atoms with E-state index in [0.29, 0.717) is 24.2 Å². The zero-order chi connectivity index (χ0) is 21.8. The van der Waals surface area contributed by atoms with Gasteiger partial charge < -0.3 is 10.2 Å². The lowest BCUT2D eigenvalue weighted by molar-refractivity contribution is -0.114. The van der Waals surface area contributed by atoms with Crippen LogP contribution in [0.3, 0.4) is 0 Å². The number of rotatable bonds is 5. The Balaban J connectivity index is 1.52. The summed E-state index contributed by atoms with van der Waals surface area (Å²) < 4.78 is 0. The lowest BCUT2D eigenvalue weighted by Gasteiger charge is -2.25. The molecule has 1 aliphatic rings. The zero-order valence-electron chi connectivity index (χ0n) is 17.3. The number of carbonyl (C=O) groups excluding carboxylic acids is 2. The molecule has 2 heterocycles. The Morgan fingerprint density at radius 3 is 2.58 bits per heavy atom. The van der Waals surface area contributed by atoms with E-state index in [2.05, 4.69) is 5.32 Å². The molecule has 3 aromatic rings. The Hall–Kier alpha value is -3.18. The van der Waals surface area contributed by atoms with Crippen molar-refractivity contribution in [1.29, 1.82) is 0 Å². The van der Waals surface area contributed by atoms with Crippen molar-refractivity contribution in [3.8, 4) is 0 Å². The van der Waals surface area contributed by atoms with Crippen LogP contribution < -0.4 is 5.32 Å². The third-order valence-electron chi connectivity index (χ3n) is 5.47. The molecule has 31 heavy (non-hydrogen) atoms. The second kappa shape index (κ2) is 9.31. The highest BCUT2D eigenvalue weighted by Gasteiger charge is 2.31. The summed E-state index contributed by atoms with van der Waals surface area (Å²) >= 11 is 6.31. The summed E-state index contributed by atoms with van der Waals surface area (Å²) in [6.45, 7) is 2.16. The highest BCUT2D eigenvalue weighted by atomic mass is 35.5. The van der Waals surface area contributed by atoms with Crippen molar-refractivity contribution in [3.63, 3.8) is 0 Å². The van der Waals surface area contributed by atoms with Gasteiger partial charge in [-0.25, -0.2) is 0 Å². The van der Waals surface area contributed by atoms with Gasteiger partial charge in [-0.15, -0.1) is 0 Å². The Morgan fingerprint density at radius 2 is 1.84 bits per heavy atom. The molecule has 1 saturated heterocycles. The van der Waals surface area contributed by atoms with E-state index in [0.717, 1.165) is 34.8 Å². The molecule has 1 fully saturated rings. The Kier molecular flexibility index (Phi) is 6.33. The van der Waals surface area contributed by atoms with Crippen LogP contribution in [-0.4, -0.2) is 28.2 Å². The minimum atomic E-state index is -0.138. The molecule has 1 aromatic heterocycles. The molecule has 6 heteroatoms. The monoisotopic (exact) mass is 433 g/mol. The minimum absolute atomic E-state index is 0.0184. The summed E-state index contributed by atoms with van der Waals surface area (Å²) in [4.78, 5) is 31.1. The van der Waals surface area contributed by atoms with Crippen LogP contribution in [0, 0.1) is 0 Å². The fourth-order valence-electron chi connectivity index (χ4n) is 4.00. The maximum Gasteiger partial charge on any atom is 0.254 e. The number of nitrogens with zero attached hydrogens (tertiary/aromatic N) is 2. The van der Waals surface area contributed by atoms with Gasteiger partial charge in [0.25, 0.3) is 5.91 Å². The number of pyridine rings is 1. The van der Waals surface area contributed by atoms with Gasteiger partial charge in [-0.2, -0.15) is 0 Å². The summed E-state index contributed by atoms with van der Waals surface area (Å²) in [5, 5.41) is 3.45. The van der Waals surface area contributed by atoms with E-state index >= 15 is 0 Å². The third-order valence-corrected chi connectivity index (χ3v) is 5.83. The van der Waals surface area contributed by atoms with Gasteiger partial charge in [-0.3, -0.25) is 14.6 Å². The second-order valence-electron chi connectivity index (χ2n) is 7.74. The van der Waals surface area contributed by atoms with E-state index in [1.54, 1.807) is 24.3 Å². The molecule has 0 unspecified atom stereocenters. The lowest BCUT2D eigenvalue weighted by atomic mass is 10.1. The fraction of sp³-hybridized carbons (Fsp3) is 0.240. The van der Waals surface area contributed by atoms with Crippen LogP contribution in [0.4, 0.5) is 5.69 Å². The van der Waals surface area contributed by atoms with Crippen LogP contribution in [0.1, 0.15) is 53.1 Å². The number of benzene rings is 2. The van der Waals surface area contributed by atoms with Crippen molar-refractivity contribution in [2.75, 3.05) is 11.9 Å². The third kappa shape index (κ3) is 4.94. The first kappa shape index (κ1) is 21.1. The largest absolute Gasteiger partial charge is 0.330 e. The molecule has 158 valence electrons. The van der Waals surface area contributed by atoms with Gasteiger partial charge in [0, 0.05) is 41.9 Å². The molecule has 1 aliphatic heterocycles. The maximum absolute atomic E-state index is 13.2. The standard InChI is InChI=1S/C25H24ClN3O2/c1-17(30)27-20-13-11-18(12-14-20)25(31)29-15-5-10-24(29)23-9-4-7-21(28-23)16-19-6-2-3-8-22(19)26/h2-4,6-9,11-14,24H,5,10,15-16H2,1H3,(H,27,30)/t24-/m1/s1. The summed E-state index contributed by atoms with van der Waals surface area (Å²) in [7, 11) is 0. The average molecular weight is 434 g/mol. The quantitative estimate of drug-likeness (QED) is 0.596. The number of aromatic nitrogens is 1. The number of amides is 2. The van der Waals surface area contributed by atoms with E-state index in [9.17, 15) is 9.59 Å². The number of anilines is 1. The summed E-state index contributed by atoms with van der Waals surface area (Å²) in [5.41, 5.74) is 4.16. The number of halogens is 1. The predicted molar refractivity (Wildman–Crippen MR) is 122 cm³/mol. The Morgan fingerprint density at radius 1 is 1.06 bits per heavy atom. The highest BCUT2D eigenvalue weighted by molar-refractivity contribution is 6.31. The van der Waals surface area contributed by atoms with Gasteiger partial charge in [-0.05, 0) is 60.9 Å². The molecule has 4 rings (SSSR count). The van der Waals surface area contributed by atoms with E-state index in [1.165, 1.54) is 6.92 Å². The number of hydrogen-bond donors (Lipinski definition) is 1. The van der Waals surface area contributed by atoms with Crippen molar-refractivity contribution in [2.45, 2.75) is 32.2 Å². The molecule has 2 amide bonds. The first-order chi connectivity index (χ1) is 15.0. The molecule has 0 spiro atoms. The van der Waals surface area contributed by atoms with E-state index in [-0.39, 0.29) is 17.9 Å². The van der Waals surface area contributed by atoms with Crippen molar-refractivity contribution in [3.05, 3.63) is 94.3 Å². The molecule has 5 nitrogen and oxygen atoms in total. The van der Waals surface area contributed by atoms with Crippen LogP contribution in [0.15, 0.2) is 66.7 Å². The van der Waals surface area contributed by atoms with Crippen LogP contribution in [0.5, 0.6) is 0 Å². The second-order valence-corrected chi connectivity index (χ2v) is 8.14. The lowest BCUT2D eigenvalue weighted by Crippen LogP contribution is -2.31. The minimum Gasteiger partial charge on any atom is -0.330 e. The molecule has 1 atom stereocenters. The first-order valence-corrected chi connectivity index (χ1v) is 10.8. The number of carbonyl (C=O) groups is 2. The van der Waals surface area contributed by atoms with E-state index < -0.39 is 0 Å². The molecular formula is C25H24ClN3O2. The molecule has 1 N–H and O–H groups in total. The summed E-state index contributed by atoms with van der Waals surface area (Å²) in [6, 6.07) is 20.7. The topological polar surface area (TPSA) is 62.3 Å². The van der Waals surface area contributed by atoms with Gasteiger partial charge in [0.05, 0.1) is 11.7 Å². The van der Waals surface area contributed by atoms with Crippen molar-refractivity contribution >= 4 is 29.1 Å². The smallest absolute Gasteiger partial charge is 0.254 e. The number of nitrogens with one attached hydrogen (secondary N) is 1. The molecular weight excluding hydrogens is 410 g/mol. The van der Waals surface area contributed by atoms with Gasteiger partial charge in [-0.1, -0.05) is 35.9 Å². The summed E-state index contributed by atoms with van der Waals surface area (Å²) in [5.74, 6) is -0.156. The molecule has 0 saturated carbocycles. The van der Waals surface area contributed by atoms with Gasteiger partial charge in [0.1, 0.15) is 0 Å². The van der Waals surface area contributed by atoms with Crippen LogP contribution >= 0.6 is 11.6 Å². The Labute approximate surface area is 187 Å². The Bertz CT molecular complexity index is 1100. The molecule has 2 aromatic carbocycles. The van der Waals surface area contributed by atoms with Crippen molar-refractivity contribution in [1.82, 2.24) is 9.88 Å². The van der Waals surface area contributed by atoms with E-state index in [1.807, 2.05) is 47.4 Å². The summed E-state index contributed by atoms with van der Waals surface area (Å²) in [6.07, 6.45) is 2.48. The molecule has 0 radical (unpaired) electrons. The molecule has 0 bridgehead atoms. The van der Waals surface area contributed by atoms with Crippen LogP contribution in [0.2, 0.25) is 5.02 Å².